The lowest BCUT2D eigenvalue weighted by Gasteiger charge is -2.47. The molecule has 0 spiro atoms. The quantitative estimate of drug-likeness (QED) is 0.851. The fraction of sp³-hybridized carbons (Fsp3) is 0.733. The van der Waals surface area contributed by atoms with Gasteiger partial charge in [-0.05, 0) is 6.92 Å². The number of hydrogen-bond donors (Lipinski definition) is 1. The molecule has 4 aliphatic rings. The minimum absolute atomic E-state index is 0.229. The van der Waals surface area contributed by atoms with Crippen LogP contribution in [0.4, 0.5) is 11.5 Å². The molecule has 120 valence electrons. The Bertz CT molecular complexity index is 539. The van der Waals surface area contributed by atoms with Crippen LogP contribution in [0.25, 0.3) is 0 Å². The molecular weight excluding hydrogens is 282 g/mol. The Balaban J connectivity index is 1.59. The first-order valence-corrected chi connectivity index (χ1v) is 8.06. The smallest absolute Gasteiger partial charge is 0.153 e. The topological polar surface area (TPSA) is 76.7 Å². The van der Waals surface area contributed by atoms with Crippen molar-refractivity contribution >= 4 is 11.5 Å². The van der Waals surface area contributed by atoms with Gasteiger partial charge in [0.15, 0.2) is 5.82 Å². The number of nitrogens with two attached hydrogens (primary N) is 1. The van der Waals surface area contributed by atoms with E-state index in [4.69, 9.17) is 15.2 Å². The minimum Gasteiger partial charge on any atom is -0.375 e. The van der Waals surface area contributed by atoms with Crippen molar-refractivity contribution in [1.29, 1.82) is 0 Å². The third kappa shape index (κ3) is 2.53. The second-order valence-electron chi connectivity index (χ2n) is 6.39. The van der Waals surface area contributed by atoms with E-state index >= 15 is 0 Å². The summed E-state index contributed by atoms with van der Waals surface area (Å²) in [5.41, 5.74) is 7.81. The number of hydrogen-bond acceptors (Lipinski definition) is 7. The molecule has 7 nitrogen and oxygen atoms in total. The Morgan fingerprint density at radius 1 is 1.23 bits per heavy atom. The standard InChI is InChI=1S/C15H23N5O2/c1-10-7-19(2-3-21-10)14-5-15(18-17-13(14)6-16)20-8-11-4-12(9-20)22-11/h5,10-12H,2-4,6-9,16H2,1H3. The van der Waals surface area contributed by atoms with E-state index < -0.39 is 0 Å². The summed E-state index contributed by atoms with van der Waals surface area (Å²) in [7, 11) is 0. The second-order valence-corrected chi connectivity index (χ2v) is 6.39. The molecule has 3 atom stereocenters. The summed E-state index contributed by atoms with van der Waals surface area (Å²) in [6, 6.07) is 2.14. The zero-order chi connectivity index (χ0) is 15.1. The van der Waals surface area contributed by atoms with Gasteiger partial charge in [-0.25, -0.2) is 0 Å². The number of nitrogens with zero attached hydrogens (tertiary/aromatic N) is 4. The highest BCUT2D eigenvalue weighted by molar-refractivity contribution is 5.58. The van der Waals surface area contributed by atoms with Crippen molar-refractivity contribution in [2.45, 2.75) is 38.2 Å². The normalized spacial score (nSPS) is 31.1. The van der Waals surface area contributed by atoms with Crippen LogP contribution in [-0.2, 0) is 16.0 Å². The van der Waals surface area contributed by atoms with E-state index in [2.05, 4.69) is 33.0 Å². The van der Waals surface area contributed by atoms with Crippen LogP contribution < -0.4 is 15.5 Å². The number of aromatic nitrogens is 2. The average molecular weight is 305 g/mol. The van der Waals surface area contributed by atoms with Gasteiger partial charge in [0, 0.05) is 45.2 Å². The molecule has 0 saturated carbocycles. The van der Waals surface area contributed by atoms with E-state index in [1.165, 1.54) is 6.42 Å². The number of ether oxygens (including phenoxy) is 2. The van der Waals surface area contributed by atoms with Crippen LogP contribution in [0.5, 0.6) is 0 Å². The van der Waals surface area contributed by atoms with Crippen molar-refractivity contribution in [3.8, 4) is 0 Å². The zero-order valence-electron chi connectivity index (χ0n) is 12.9. The second kappa shape index (κ2) is 5.64. The molecule has 5 rings (SSSR count). The fourth-order valence-corrected chi connectivity index (χ4v) is 3.55. The molecule has 2 bridgehead atoms. The first-order chi connectivity index (χ1) is 10.7. The van der Waals surface area contributed by atoms with Gasteiger partial charge >= 0.3 is 0 Å². The Kier molecular flexibility index (Phi) is 3.63. The maximum absolute atomic E-state index is 5.86. The lowest BCUT2D eigenvalue weighted by atomic mass is 9.99. The molecule has 1 aromatic rings. The highest BCUT2D eigenvalue weighted by Gasteiger charge is 2.39. The third-order valence-corrected chi connectivity index (χ3v) is 4.69. The molecular formula is C15H23N5O2. The molecule has 0 aromatic carbocycles. The van der Waals surface area contributed by atoms with Crippen LogP contribution in [0.3, 0.4) is 0 Å². The predicted octanol–water partition coefficient (Wildman–Crippen LogP) is 0.138. The summed E-state index contributed by atoms with van der Waals surface area (Å²) >= 11 is 0. The summed E-state index contributed by atoms with van der Waals surface area (Å²) in [6.07, 6.45) is 2.13. The van der Waals surface area contributed by atoms with Crippen LogP contribution in [0, 0.1) is 0 Å². The highest BCUT2D eigenvalue weighted by Crippen LogP contribution is 2.32. The molecule has 2 N–H and O–H groups in total. The van der Waals surface area contributed by atoms with Crippen molar-refractivity contribution in [2.75, 3.05) is 42.6 Å². The van der Waals surface area contributed by atoms with Crippen LogP contribution in [-0.4, -0.2) is 61.3 Å². The summed E-state index contributed by atoms with van der Waals surface area (Å²) in [4.78, 5) is 4.60. The van der Waals surface area contributed by atoms with E-state index in [0.29, 0.717) is 18.8 Å². The van der Waals surface area contributed by atoms with Gasteiger partial charge in [0.25, 0.3) is 0 Å². The van der Waals surface area contributed by atoms with E-state index in [-0.39, 0.29) is 6.10 Å². The molecule has 1 aromatic heterocycles. The summed E-state index contributed by atoms with van der Waals surface area (Å²) < 4.78 is 11.3. The van der Waals surface area contributed by atoms with Crippen molar-refractivity contribution in [1.82, 2.24) is 10.2 Å². The average Bonchev–Trinajstić information content (AvgIpc) is 2.54. The van der Waals surface area contributed by atoms with Crippen LogP contribution in [0.2, 0.25) is 0 Å². The van der Waals surface area contributed by atoms with Gasteiger partial charge in [0.2, 0.25) is 0 Å². The molecule has 4 aliphatic heterocycles. The van der Waals surface area contributed by atoms with Crippen molar-refractivity contribution in [3.63, 3.8) is 0 Å². The summed E-state index contributed by atoms with van der Waals surface area (Å²) in [6.45, 7) is 6.80. The maximum Gasteiger partial charge on any atom is 0.153 e. The van der Waals surface area contributed by atoms with Gasteiger partial charge in [-0.1, -0.05) is 0 Å². The van der Waals surface area contributed by atoms with E-state index in [9.17, 15) is 0 Å². The molecule has 0 radical (unpaired) electrons. The fourth-order valence-electron chi connectivity index (χ4n) is 3.55. The Morgan fingerprint density at radius 3 is 2.68 bits per heavy atom. The van der Waals surface area contributed by atoms with Crippen LogP contribution in [0.15, 0.2) is 6.07 Å². The number of piperidine rings is 1. The monoisotopic (exact) mass is 305 g/mol. The SMILES string of the molecule is CC1CN(c2cc(N3CC4CC(C3)O4)nnc2CN)CCO1. The number of rotatable bonds is 3. The van der Waals surface area contributed by atoms with E-state index in [1.54, 1.807) is 0 Å². The van der Waals surface area contributed by atoms with E-state index in [1.807, 2.05) is 0 Å². The molecule has 0 amide bonds. The molecule has 0 aliphatic carbocycles. The Morgan fingerprint density at radius 2 is 2.00 bits per heavy atom. The van der Waals surface area contributed by atoms with Crippen molar-refractivity contribution in [2.24, 2.45) is 5.73 Å². The Labute approximate surface area is 130 Å². The maximum atomic E-state index is 5.86. The van der Waals surface area contributed by atoms with E-state index in [0.717, 1.165) is 50.0 Å². The van der Waals surface area contributed by atoms with Gasteiger partial charge in [0.05, 0.1) is 30.6 Å². The van der Waals surface area contributed by atoms with Gasteiger partial charge in [-0.3, -0.25) is 0 Å². The van der Waals surface area contributed by atoms with Crippen molar-refractivity contribution < 1.29 is 9.47 Å². The predicted molar refractivity (Wildman–Crippen MR) is 83.0 cm³/mol. The van der Waals surface area contributed by atoms with Gasteiger partial charge in [-0.2, -0.15) is 0 Å². The Hall–Kier alpha value is -1.44. The minimum atomic E-state index is 0.229. The van der Waals surface area contributed by atoms with Gasteiger partial charge < -0.3 is 25.0 Å². The first-order valence-electron chi connectivity index (χ1n) is 8.06. The largest absolute Gasteiger partial charge is 0.375 e. The van der Waals surface area contributed by atoms with Crippen LogP contribution >= 0.6 is 0 Å². The molecule has 7 heteroatoms. The highest BCUT2D eigenvalue weighted by atomic mass is 16.5. The number of anilines is 2. The van der Waals surface area contributed by atoms with Crippen LogP contribution in [0.1, 0.15) is 19.0 Å². The summed E-state index contributed by atoms with van der Waals surface area (Å²) in [5, 5.41) is 8.76. The lowest BCUT2D eigenvalue weighted by Crippen LogP contribution is -2.57. The molecule has 22 heavy (non-hydrogen) atoms. The lowest BCUT2D eigenvalue weighted by molar-refractivity contribution is -0.133. The third-order valence-electron chi connectivity index (χ3n) is 4.69. The van der Waals surface area contributed by atoms with Gasteiger partial charge in [0.1, 0.15) is 5.69 Å². The van der Waals surface area contributed by atoms with Gasteiger partial charge in [-0.15, -0.1) is 10.2 Å². The molecule has 5 heterocycles. The zero-order valence-corrected chi connectivity index (χ0v) is 12.9. The molecule has 4 saturated heterocycles. The number of morpholine rings is 2. The van der Waals surface area contributed by atoms with Crippen molar-refractivity contribution in [3.05, 3.63) is 11.8 Å². The number of fused-ring (bicyclic) bond motifs is 2. The first kappa shape index (κ1) is 14.2. The molecule has 4 fully saturated rings. The summed E-state index contributed by atoms with van der Waals surface area (Å²) in [5.74, 6) is 0.935. The molecule has 3 unspecified atom stereocenters.